The van der Waals surface area contributed by atoms with Crippen LogP contribution in [-0.4, -0.2) is 31.3 Å². The maximum atomic E-state index is 5.39. The molecule has 0 aliphatic carbocycles. The molecule has 0 radical (unpaired) electrons. The number of rotatable bonds is 6. The van der Waals surface area contributed by atoms with E-state index < -0.39 is 0 Å². The molecule has 0 spiro atoms. The van der Waals surface area contributed by atoms with Crippen LogP contribution in [-0.2, 0) is 6.54 Å². The number of aryl methyl sites for hydroxylation is 2. The van der Waals surface area contributed by atoms with Crippen LogP contribution in [0.25, 0.3) is 0 Å². The summed E-state index contributed by atoms with van der Waals surface area (Å²) in [4.78, 5) is 12.6. The molecule has 0 fully saturated rings. The number of hydrogen-bond acceptors (Lipinski definition) is 6. The monoisotopic (exact) mass is 324 g/mol. The van der Waals surface area contributed by atoms with Crippen LogP contribution in [0.1, 0.15) is 24.1 Å². The SMILES string of the molecule is CCOc1cc(Nc2cccc(Cn3nc(C)nc3C)c2)ncn1. The van der Waals surface area contributed by atoms with Gasteiger partial charge in [0.1, 0.15) is 23.8 Å². The summed E-state index contributed by atoms with van der Waals surface area (Å²) >= 11 is 0. The summed E-state index contributed by atoms with van der Waals surface area (Å²) in [5.74, 6) is 2.94. The lowest BCUT2D eigenvalue weighted by Crippen LogP contribution is -2.05. The molecule has 2 aromatic heterocycles. The lowest BCUT2D eigenvalue weighted by Gasteiger charge is -2.09. The molecule has 0 saturated carbocycles. The Kier molecular flexibility index (Phi) is 4.69. The number of hydrogen-bond donors (Lipinski definition) is 1. The molecule has 24 heavy (non-hydrogen) atoms. The maximum Gasteiger partial charge on any atom is 0.218 e. The average Bonchev–Trinajstić information content (AvgIpc) is 2.86. The first kappa shape index (κ1) is 15.9. The first-order chi connectivity index (χ1) is 11.6. The van der Waals surface area contributed by atoms with Crippen molar-refractivity contribution in [2.45, 2.75) is 27.3 Å². The second-order valence-electron chi connectivity index (χ2n) is 5.36. The zero-order valence-corrected chi connectivity index (χ0v) is 14.0. The van der Waals surface area contributed by atoms with Gasteiger partial charge in [0.15, 0.2) is 0 Å². The van der Waals surface area contributed by atoms with Gasteiger partial charge in [0, 0.05) is 11.8 Å². The van der Waals surface area contributed by atoms with Crippen LogP contribution in [0, 0.1) is 13.8 Å². The Morgan fingerprint density at radius 1 is 1.17 bits per heavy atom. The zero-order valence-electron chi connectivity index (χ0n) is 14.0. The van der Waals surface area contributed by atoms with Crippen molar-refractivity contribution in [3.05, 3.63) is 53.9 Å². The largest absolute Gasteiger partial charge is 0.478 e. The van der Waals surface area contributed by atoms with Gasteiger partial charge < -0.3 is 10.1 Å². The Morgan fingerprint density at radius 2 is 2.04 bits per heavy atom. The van der Waals surface area contributed by atoms with Gasteiger partial charge in [-0.2, -0.15) is 5.10 Å². The molecule has 0 saturated heterocycles. The van der Waals surface area contributed by atoms with Gasteiger partial charge in [0.25, 0.3) is 0 Å². The molecule has 7 nitrogen and oxygen atoms in total. The Morgan fingerprint density at radius 3 is 2.79 bits per heavy atom. The molecule has 0 aliphatic heterocycles. The Bertz CT molecular complexity index is 829. The molecule has 1 aromatic carbocycles. The summed E-state index contributed by atoms with van der Waals surface area (Å²) in [5.41, 5.74) is 2.08. The predicted octanol–water partition coefficient (Wildman–Crippen LogP) is 2.88. The highest BCUT2D eigenvalue weighted by Gasteiger charge is 2.05. The van der Waals surface area contributed by atoms with E-state index >= 15 is 0 Å². The molecule has 1 N–H and O–H groups in total. The minimum Gasteiger partial charge on any atom is -0.478 e. The smallest absolute Gasteiger partial charge is 0.218 e. The van der Waals surface area contributed by atoms with Crippen LogP contribution in [0.5, 0.6) is 5.88 Å². The second kappa shape index (κ2) is 7.08. The van der Waals surface area contributed by atoms with Gasteiger partial charge in [-0.25, -0.2) is 19.6 Å². The lowest BCUT2D eigenvalue weighted by atomic mass is 10.2. The molecular formula is C17H20N6O. The van der Waals surface area contributed by atoms with E-state index in [2.05, 4.69) is 37.5 Å². The molecule has 3 rings (SSSR count). The molecule has 3 aromatic rings. The normalized spacial score (nSPS) is 10.6. The van der Waals surface area contributed by atoms with Gasteiger partial charge in [0.05, 0.1) is 13.2 Å². The minimum absolute atomic E-state index is 0.555. The molecule has 0 atom stereocenters. The van der Waals surface area contributed by atoms with Gasteiger partial charge >= 0.3 is 0 Å². The van der Waals surface area contributed by atoms with E-state index in [-0.39, 0.29) is 0 Å². The third kappa shape index (κ3) is 3.87. The number of nitrogens with one attached hydrogen (secondary N) is 1. The molecular weight excluding hydrogens is 304 g/mol. The first-order valence-electron chi connectivity index (χ1n) is 7.83. The van der Waals surface area contributed by atoms with Crippen molar-refractivity contribution in [3.8, 4) is 5.88 Å². The Balaban J connectivity index is 1.75. The highest BCUT2D eigenvalue weighted by molar-refractivity contribution is 5.57. The summed E-state index contributed by atoms with van der Waals surface area (Å²) in [6.45, 7) is 7.02. The summed E-state index contributed by atoms with van der Waals surface area (Å²) in [5, 5.41) is 7.67. The highest BCUT2D eigenvalue weighted by Crippen LogP contribution is 2.19. The van der Waals surface area contributed by atoms with Crippen molar-refractivity contribution in [1.82, 2.24) is 24.7 Å². The molecule has 0 unspecified atom stereocenters. The Hall–Kier alpha value is -2.96. The number of aromatic nitrogens is 5. The minimum atomic E-state index is 0.555. The number of ether oxygens (including phenoxy) is 1. The Labute approximate surface area is 140 Å². The van der Waals surface area contributed by atoms with Gasteiger partial charge in [-0.1, -0.05) is 12.1 Å². The van der Waals surface area contributed by atoms with Crippen LogP contribution in [0.4, 0.5) is 11.5 Å². The van der Waals surface area contributed by atoms with E-state index in [0.717, 1.165) is 22.9 Å². The quantitative estimate of drug-likeness (QED) is 0.751. The molecule has 0 bridgehead atoms. The van der Waals surface area contributed by atoms with Gasteiger partial charge in [0.2, 0.25) is 5.88 Å². The van der Waals surface area contributed by atoms with E-state index in [1.165, 1.54) is 6.33 Å². The fourth-order valence-corrected chi connectivity index (χ4v) is 2.41. The van der Waals surface area contributed by atoms with Gasteiger partial charge in [-0.15, -0.1) is 0 Å². The first-order valence-corrected chi connectivity index (χ1v) is 7.83. The van der Waals surface area contributed by atoms with E-state index in [9.17, 15) is 0 Å². The summed E-state index contributed by atoms with van der Waals surface area (Å²) in [7, 11) is 0. The summed E-state index contributed by atoms with van der Waals surface area (Å²) in [6, 6.07) is 9.90. The van der Waals surface area contributed by atoms with Crippen LogP contribution in [0.3, 0.4) is 0 Å². The molecule has 0 aliphatic rings. The van der Waals surface area contributed by atoms with Crippen molar-refractivity contribution in [3.63, 3.8) is 0 Å². The maximum absolute atomic E-state index is 5.39. The molecule has 124 valence electrons. The average molecular weight is 324 g/mol. The molecule has 0 amide bonds. The van der Waals surface area contributed by atoms with Crippen LogP contribution < -0.4 is 10.1 Å². The molecule has 2 heterocycles. The lowest BCUT2D eigenvalue weighted by molar-refractivity contribution is 0.326. The standard InChI is InChI=1S/C17H20N6O/c1-4-24-17-9-16(18-11-19-17)21-15-7-5-6-14(8-15)10-23-13(3)20-12(2)22-23/h5-9,11H,4,10H2,1-3H3,(H,18,19,21). The van der Waals surface area contributed by atoms with Crippen molar-refractivity contribution < 1.29 is 4.74 Å². The number of nitrogens with zero attached hydrogens (tertiary/aromatic N) is 5. The zero-order chi connectivity index (χ0) is 16.9. The predicted molar refractivity (Wildman–Crippen MR) is 91.5 cm³/mol. The van der Waals surface area contributed by atoms with Crippen molar-refractivity contribution in [2.75, 3.05) is 11.9 Å². The fourth-order valence-electron chi connectivity index (χ4n) is 2.41. The highest BCUT2D eigenvalue weighted by atomic mass is 16.5. The van der Waals surface area contributed by atoms with Gasteiger partial charge in [-0.05, 0) is 38.5 Å². The van der Waals surface area contributed by atoms with Crippen LogP contribution in [0.15, 0.2) is 36.7 Å². The van der Waals surface area contributed by atoms with Crippen LogP contribution in [0.2, 0.25) is 0 Å². The third-order valence-electron chi connectivity index (χ3n) is 3.43. The van der Waals surface area contributed by atoms with E-state index in [0.29, 0.717) is 24.8 Å². The van der Waals surface area contributed by atoms with Crippen molar-refractivity contribution in [2.24, 2.45) is 0 Å². The van der Waals surface area contributed by atoms with Crippen LogP contribution >= 0.6 is 0 Å². The molecule has 7 heteroatoms. The van der Waals surface area contributed by atoms with E-state index in [1.54, 1.807) is 6.07 Å². The number of anilines is 2. The third-order valence-corrected chi connectivity index (χ3v) is 3.43. The fraction of sp³-hybridized carbons (Fsp3) is 0.294. The summed E-state index contributed by atoms with van der Waals surface area (Å²) in [6.07, 6.45) is 1.48. The second-order valence-corrected chi connectivity index (χ2v) is 5.36. The summed E-state index contributed by atoms with van der Waals surface area (Å²) < 4.78 is 7.29. The topological polar surface area (TPSA) is 77.8 Å². The van der Waals surface area contributed by atoms with Gasteiger partial charge in [-0.3, -0.25) is 0 Å². The van der Waals surface area contributed by atoms with E-state index in [4.69, 9.17) is 4.74 Å². The van der Waals surface area contributed by atoms with Crippen molar-refractivity contribution in [1.29, 1.82) is 0 Å². The van der Waals surface area contributed by atoms with Crippen molar-refractivity contribution >= 4 is 11.5 Å². The number of benzene rings is 1. The van der Waals surface area contributed by atoms with E-state index in [1.807, 2.05) is 37.6 Å².